The van der Waals surface area contributed by atoms with Gasteiger partial charge in [-0.05, 0) is 86.9 Å². The summed E-state index contributed by atoms with van der Waals surface area (Å²) in [6.07, 6.45) is 2.37. The lowest BCUT2D eigenvalue weighted by Crippen LogP contribution is -2.47. The third kappa shape index (κ3) is 5.85. The van der Waals surface area contributed by atoms with Crippen LogP contribution in [0.3, 0.4) is 0 Å². The summed E-state index contributed by atoms with van der Waals surface area (Å²) in [5, 5.41) is 24.8. The van der Waals surface area contributed by atoms with E-state index < -0.39 is 35.6 Å². The van der Waals surface area contributed by atoms with Crippen molar-refractivity contribution >= 4 is 11.9 Å². The van der Waals surface area contributed by atoms with Gasteiger partial charge in [0, 0.05) is 25.0 Å². The Morgan fingerprint density at radius 1 is 1.12 bits per heavy atom. The maximum absolute atomic E-state index is 14.0. The third-order valence-electron chi connectivity index (χ3n) is 9.03. The molecule has 0 saturated carbocycles. The summed E-state index contributed by atoms with van der Waals surface area (Å²) >= 11 is 0. The highest BCUT2D eigenvalue weighted by atomic mass is 16.7. The Labute approximate surface area is 250 Å². The molecule has 232 valence electrons. The Hall–Kier alpha value is -3.54. The summed E-state index contributed by atoms with van der Waals surface area (Å²) in [4.78, 5) is 29.4. The number of hydrogen-bond donors (Lipinski definition) is 3. The number of nitrogens with zero attached hydrogens (tertiary/aromatic N) is 1. The fourth-order valence-electron chi connectivity index (χ4n) is 6.97. The van der Waals surface area contributed by atoms with Gasteiger partial charge in [0.25, 0.3) is 0 Å². The molecule has 43 heavy (non-hydrogen) atoms. The molecule has 4 heterocycles. The molecule has 1 amide bonds. The predicted molar refractivity (Wildman–Crippen MR) is 153 cm³/mol. The van der Waals surface area contributed by atoms with Crippen molar-refractivity contribution in [3.63, 3.8) is 0 Å². The molecule has 4 unspecified atom stereocenters. The van der Waals surface area contributed by atoms with Crippen molar-refractivity contribution in [1.29, 1.82) is 0 Å². The Bertz CT molecular complexity index is 1400. The molecule has 4 aliphatic rings. The highest BCUT2D eigenvalue weighted by Gasteiger charge is 2.55. The average molecular weight is 597 g/mol. The number of ether oxygens (including phenoxy) is 4. The molecule has 3 N–H and O–H groups in total. The topological polar surface area (TPSA) is 140 Å². The maximum Gasteiger partial charge on any atom is 0.339 e. The van der Waals surface area contributed by atoms with Gasteiger partial charge >= 0.3 is 5.97 Å². The summed E-state index contributed by atoms with van der Waals surface area (Å²) in [6, 6.07) is 7.42. The van der Waals surface area contributed by atoms with Crippen LogP contribution in [-0.2, 0) is 32.0 Å². The number of hydrogen-bond acceptors (Lipinski definition) is 10. The maximum atomic E-state index is 14.0. The number of carbonyl (C=O) groups excluding carboxylic acids is 2. The van der Waals surface area contributed by atoms with Crippen LogP contribution >= 0.6 is 0 Å². The van der Waals surface area contributed by atoms with E-state index in [2.05, 4.69) is 10.2 Å². The summed E-state index contributed by atoms with van der Waals surface area (Å²) < 4.78 is 28.8. The zero-order valence-electron chi connectivity index (χ0n) is 24.9. The molecule has 0 spiro atoms. The van der Waals surface area contributed by atoms with Crippen molar-refractivity contribution in [1.82, 2.24) is 10.2 Å². The molecule has 1 aliphatic carbocycles. The van der Waals surface area contributed by atoms with E-state index in [1.54, 1.807) is 33.1 Å². The van der Waals surface area contributed by atoms with E-state index in [4.69, 9.17) is 23.4 Å². The zero-order chi connectivity index (χ0) is 30.4. The SMILES string of the molecule is COC1=C2CCN3CCc4cc5c(cc4C(C1OC(=O)C(O)(CCCC(C)(C)O)CC(=O)NCc1ccco1)C23)OCO5. The number of furan rings is 1. The minimum atomic E-state index is -2.12. The van der Waals surface area contributed by atoms with E-state index in [-0.39, 0.29) is 31.7 Å². The van der Waals surface area contributed by atoms with Crippen LogP contribution in [0.1, 0.15) is 68.8 Å². The van der Waals surface area contributed by atoms with Gasteiger partial charge in [0.2, 0.25) is 12.7 Å². The molecule has 0 radical (unpaired) electrons. The molecule has 3 aliphatic heterocycles. The molecule has 0 bridgehead atoms. The Morgan fingerprint density at radius 2 is 1.88 bits per heavy atom. The van der Waals surface area contributed by atoms with Crippen molar-refractivity contribution in [2.24, 2.45) is 0 Å². The van der Waals surface area contributed by atoms with E-state index in [9.17, 15) is 19.8 Å². The van der Waals surface area contributed by atoms with Crippen LogP contribution in [0.25, 0.3) is 0 Å². The molecule has 2 aromatic rings. The van der Waals surface area contributed by atoms with Gasteiger partial charge in [0.15, 0.2) is 23.2 Å². The molecule has 1 aromatic heterocycles. The minimum Gasteiger partial charge on any atom is -0.497 e. The average Bonchev–Trinajstić information content (AvgIpc) is 3.74. The van der Waals surface area contributed by atoms with E-state index >= 15 is 0 Å². The largest absolute Gasteiger partial charge is 0.497 e. The van der Waals surface area contributed by atoms with Gasteiger partial charge in [-0.3, -0.25) is 9.69 Å². The standard InChI is InChI=1S/C32H40N2O9/c1-31(2,37)9-5-10-32(38,16-25(35)33-17-20-6-4-13-40-20)30(36)43-29-26-22-15-24-23(41-18-42-24)14-19(22)7-11-34-12-8-21(27(26)34)28(29)39-3/h4,6,13-15,26-27,29,37-38H,5,7-12,16-18H2,1-3H3,(H,33,35). The number of fused-ring (bicyclic) bond motifs is 3. The Balaban J connectivity index is 1.28. The van der Waals surface area contributed by atoms with Crippen LogP contribution in [0.5, 0.6) is 11.5 Å². The summed E-state index contributed by atoms with van der Waals surface area (Å²) in [7, 11) is 1.58. The van der Waals surface area contributed by atoms with Crippen LogP contribution < -0.4 is 14.8 Å². The van der Waals surface area contributed by atoms with Crippen LogP contribution in [0.2, 0.25) is 0 Å². The van der Waals surface area contributed by atoms with Gasteiger partial charge in [-0.1, -0.05) is 0 Å². The number of aliphatic hydroxyl groups is 2. The van der Waals surface area contributed by atoms with Gasteiger partial charge in [-0.2, -0.15) is 0 Å². The predicted octanol–water partition coefficient (Wildman–Crippen LogP) is 2.93. The molecule has 11 nitrogen and oxygen atoms in total. The molecular weight excluding hydrogens is 556 g/mol. The molecule has 11 heteroatoms. The first kappa shape index (κ1) is 29.5. The fourth-order valence-corrected chi connectivity index (χ4v) is 6.97. The number of benzene rings is 1. The second-order valence-electron chi connectivity index (χ2n) is 12.6. The van der Waals surface area contributed by atoms with Crippen molar-refractivity contribution in [2.45, 2.75) is 88.2 Å². The minimum absolute atomic E-state index is 0.0192. The van der Waals surface area contributed by atoms with Crippen LogP contribution in [0.4, 0.5) is 0 Å². The quantitative estimate of drug-likeness (QED) is 0.332. The van der Waals surface area contributed by atoms with Crippen LogP contribution in [-0.4, -0.2) is 77.3 Å². The zero-order valence-corrected chi connectivity index (χ0v) is 24.9. The smallest absolute Gasteiger partial charge is 0.339 e. The van der Waals surface area contributed by atoms with E-state index in [1.165, 1.54) is 6.26 Å². The van der Waals surface area contributed by atoms with Crippen molar-refractivity contribution in [3.8, 4) is 11.5 Å². The Kier molecular flexibility index (Phi) is 7.91. The number of esters is 1. The third-order valence-corrected chi connectivity index (χ3v) is 9.03. The second kappa shape index (κ2) is 11.5. The molecule has 4 atom stereocenters. The highest BCUT2D eigenvalue weighted by molar-refractivity contribution is 5.88. The van der Waals surface area contributed by atoms with Gasteiger partial charge < -0.3 is 38.9 Å². The van der Waals surface area contributed by atoms with Gasteiger partial charge in [0.1, 0.15) is 11.5 Å². The molecule has 1 fully saturated rings. The number of nitrogens with one attached hydrogen (secondary N) is 1. The molecular formula is C32H40N2O9. The van der Waals surface area contributed by atoms with Crippen molar-refractivity contribution < 1.29 is 43.2 Å². The van der Waals surface area contributed by atoms with Crippen LogP contribution in [0, 0.1) is 0 Å². The molecule has 6 rings (SSSR count). The summed E-state index contributed by atoms with van der Waals surface area (Å²) in [6.45, 7) is 5.32. The summed E-state index contributed by atoms with van der Waals surface area (Å²) in [5.41, 5.74) is 0.0732. The van der Waals surface area contributed by atoms with E-state index in [0.717, 1.165) is 42.6 Å². The van der Waals surface area contributed by atoms with Gasteiger partial charge in [-0.25, -0.2) is 4.79 Å². The lowest BCUT2D eigenvalue weighted by atomic mass is 9.86. The van der Waals surface area contributed by atoms with E-state index in [0.29, 0.717) is 35.9 Å². The first-order chi connectivity index (χ1) is 20.6. The highest BCUT2D eigenvalue weighted by Crippen LogP contribution is 2.52. The van der Waals surface area contributed by atoms with Crippen molar-refractivity contribution in [2.75, 3.05) is 27.0 Å². The number of rotatable bonds is 11. The van der Waals surface area contributed by atoms with Crippen molar-refractivity contribution in [3.05, 3.63) is 58.7 Å². The van der Waals surface area contributed by atoms with E-state index in [1.807, 2.05) is 12.1 Å². The van der Waals surface area contributed by atoms with Crippen LogP contribution in [0.15, 0.2) is 46.3 Å². The lowest BCUT2D eigenvalue weighted by molar-refractivity contribution is -0.175. The lowest BCUT2D eigenvalue weighted by Gasteiger charge is -2.33. The monoisotopic (exact) mass is 596 g/mol. The van der Waals surface area contributed by atoms with Gasteiger partial charge in [-0.15, -0.1) is 0 Å². The molecule has 1 aromatic carbocycles. The number of amides is 1. The summed E-state index contributed by atoms with van der Waals surface area (Å²) in [5.74, 6) is 0.802. The first-order valence-electron chi connectivity index (χ1n) is 14.9. The number of carbonyl (C=O) groups is 2. The second-order valence-corrected chi connectivity index (χ2v) is 12.6. The number of methoxy groups -OCH3 is 1. The first-order valence-corrected chi connectivity index (χ1v) is 14.9. The molecule has 1 saturated heterocycles. The van der Waals surface area contributed by atoms with Gasteiger partial charge in [0.05, 0.1) is 31.9 Å². The Morgan fingerprint density at radius 3 is 2.60 bits per heavy atom. The fraction of sp³-hybridized carbons (Fsp3) is 0.562. The normalized spacial score (nSPS) is 23.8.